The molecular formula is C16H18NPS2. The van der Waals surface area contributed by atoms with Crippen LogP contribution in [-0.2, 0) is 11.8 Å². The van der Waals surface area contributed by atoms with Crippen molar-refractivity contribution < 1.29 is 0 Å². The first-order valence-corrected chi connectivity index (χ1v) is 9.78. The molecular weight excluding hydrogens is 301 g/mol. The lowest BCUT2D eigenvalue weighted by molar-refractivity contribution is 0.746. The van der Waals surface area contributed by atoms with Gasteiger partial charge in [0.2, 0.25) is 0 Å². The maximum atomic E-state index is 6.08. The molecule has 0 unspecified atom stereocenters. The molecule has 0 aliphatic heterocycles. The molecule has 104 valence electrons. The van der Waals surface area contributed by atoms with Gasteiger partial charge in [0.1, 0.15) is 4.73 Å². The summed E-state index contributed by atoms with van der Waals surface area (Å²) >= 11 is 11.7. The Morgan fingerprint density at radius 2 is 1.30 bits per heavy atom. The van der Waals surface area contributed by atoms with Gasteiger partial charge in [-0.15, -0.1) is 0 Å². The number of hydrogen-bond donors (Lipinski definition) is 1. The standard InChI is InChI=1S/C16H18NPS2/c1-13(2)17-16(19)18(20,14-9-5-3-6-10-14)15-11-7-4-8-12-15/h3-13H,1-2H3,(H,17,19). The minimum atomic E-state index is -2.12. The largest absolute Gasteiger partial charge is 0.373 e. The highest BCUT2D eigenvalue weighted by atomic mass is 32.4. The maximum Gasteiger partial charge on any atom is 0.117 e. The summed E-state index contributed by atoms with van der Waals surface area (Å²) in [7, 11) is 0. The van der Waals surface area contributed by atoms with Crippen LogP contribution < -0.4 is 15.9 Å². The van der Waals surface area contributed by atoms with E-state index in [4.69, 9.17) is 24.0 Å². The van der Waals surface area contributed by atoms with Crippen LogP contribution in [0.2, 0.25) is 0 Å². The van der Waals surface area contributed by atoms with E-state index in [2.05, 4.69) is 43.4 Å². The van der Waals surface area contributed by atoms with Crippen LogP contribution in [0.5, 0.6) is 0 Å². The molecule has 0 saturated heterocycles. The lowest BCUT2D eigenvalue weighted by Crippen LogP contribution is -2.34. The number of benzene rings is 2. The second-order valence-corrected chi connectivity index (χ2v) is 9.94. The van der Waals surface area contributed by atoms with Gasteiger partial charge in [0.05, 0.1) is 6.04 Å². The number of hydrogen-bond acceptors (Lipinski definition) is 2. The van der Waals surface area contributed by atoms with Crippen molar-refractivity contribution in [3.8, 4) is 0 Å². The molecule has 0 aliphatic rings. The highest BCUT2D eigenvalue weighted by Gasteiger charge is 2.27. The Bertz CT molecular complexity index is 580. The highest BCUT2D eigenvalue weighted by molar-refractivity contribution is 8.34. The first kappa shape index (κ1) is 15.4. The van der Waals surface area contributed by atoms with Gasteiger partial charge in [0.15, 0.2) is 0 Å². The second-order valence-electron chi connectivity index (χ2n) is 4.88. The minimum absolute atomic E-state index is 0.289. The van der Waals surface area contributed by atoms with Gasteiger partial charge < -0.3 is 5.32 Å². The minimum Gasteiger partial charge on any atom is -0.373 e. The molecule has 0 fully saturated rings. The molecule has 2 aromatic carbocycles. The average molecular weight is 319 g/mol. The SMILES string of the molecule is CC(C)NC(=S)P(=S)(c1ccccc1)c1ccccc1. The van der Waals surface area contributed by atoms with E-state index in [-0.39, 0.29) is 6.04 Å². The Morgan fingerprint density at radius 3 is 1.65 bits per heavy atom. The van der Waals surface area contributed by atoms with Crippen molar-refractivity contribution in [2.45, 2.75) is 19.9 Å². The van der Waals surface area contributed by atoms with E-state index in [1.165, 1.54) is 0 Å². The molecule has 2 rings (SSSR count). The molecule has 0 heterocycles. The third-order valence-electron chi connectivity index (χ3n) is 2.94. The molecule has 20 heavy (non-hydrogen) atoms. The monoisotopic (exact) mass is 319 g/mol. The molecule has 0 atom stereocenters. The van der Waals surface area contributed by atoms with E-state index in [0.717, 1.165) is 15.3 Å². The van der Waals surface area contributed by atoms with Crippen LogP contribution in [0, 0.1) is 0 Å². The molecule has 0 saturated carbocycles. The van der Waals surface area contributed by atoms with E-state index in [9.17, 15) is 0 Å². The van der Waals surface area contributed by atoms with E-state index < -0.39 is 6.04 Å². The Balaban J connectivity index is 2.56. The molecule has 1 N–H and O–H groups in total. The average Bonchev–Trinajstić information content (AvgIpc) is 2.47. The van der Waals surface area contributed by atoms with Crippen LogP contribution in [0.4, 0.5) is 0 Å². The summed E-state index contributed by atoms with van der Waals surface area (Å²) in [5.74, 6) is 0. The molecule has 1 nitrogen and oxygen atoms in total. The summed E-state index contributed by atoms with van der Waals surface area (Å²) in [5, 5.41) is 5.63. The Hall–Kier alpha value is -1.02. The predicted octanol–water partition coefficient (Wildman–Crippen LogP) is 3.40. The third-order valence-corrected chi connectivity index (χ3v) is 8.79. The topological polar surface area (TPSA) is 12.0 Å². The molecule has 0 aromatic heterocycles. The summed E-state index contributed by atoms with van der Waals surface area (Å²) in [6.07, 6.45) is 0. The van der Waals surface area contributed by atoms with Gasteiger partial charge in [-0.3, -0.25) is 0 Å². The van der Waals surface area contributed by atoms with Gasteiger partial charge in [-0.1, -0.05) is 84.7 Å². The summed E-state index contributed by atoms with van der Waals surface area (Å²) in [6, 6.07) is 18.6. The molecule has 4 heteroatoms. The fraction of sp³-hybridized carbons (Fsp3) is 0.188. The molecule has 0 amide bonds. The lowest BCUT2D eigenvalue weighted by atomic mass is 10.4. The molecule has 0 bridgehead atoms. The van der Waals surface area contributed by atoms with Crippen molar-refractivity contribution in [1.29, 1.82) is 0 Å². The summed E-state index contributed by atoms with van der Waals surface area (Å²) in [4.78, 5) is 0. The van der Waals surface area contributed by atoms with Crippen molar-refractivity contribution in [2.75, 3.05) is 0 Å². The van der Waals surface area contributed by atoms with Crippen molar-refractivity contribution in [3.63, 3.8) is 0 Å². The summed E-state index contributed by atoms with van der Waals surface area (Å²) in [6.45, 7) is 4.17. The number of rotatable bonds is 4. The first-order chi connectivity index (χ1) is 9.55. The van der Waals surface area contributed by atoms with E-state index >= 15 is 0 Å². The van der Waals surface area contributed by atoms with Crippen LogP contribution in [-0.4, -0.2) is 10.8 Å². The van der Waals surface area contributed by atoms with Crippen molar-refractivity contribution in [1.82, 2.24) is 5.32 Å². The van der Waals surface area contributed by atoms with E-state index in [0.29, 0.717) is 0 Å². The van der Waals surface area contributed by atoms with Crippen LogP contribution >= 0.6 is 18.3 Å². The van der Waals surface area contributed by atoms with Gasteiger partial charge in [-0.25, -0.2) is 0 Å². The molecule has 2 aromatic rings. The Kier molecular flexibility index (Phi) is 5.09. The van der Waals surface area contributed by atoms with Gasteiger partial charge in [0.25, 0.3) is 0 Å². The van der Waals surface area contributed by atoms with Crippen LogP contribution in [0.3, 0.4) is 0 Å². The molecule has 0 spiro atoms. The first-order valence-electron chi connectivity index (χ1n) is 6.57. The smallest absolute Gasteiger partial charge is 0.117 e. The fourth-order valence-corrected chi connectivity index (χ4v) is 6.14. The predicted molar refractivity (Wildman–Crippen MR) is 97.3 cm³/mol. The quantitative estimate of drug-likeness (QED) is 0.685. The molecule has 0 aliphatic carbocycles. The van der Waals surface area contributed by atoms with Crippen molar-refractivity contribution in [2.24, 2.45) is 0 Å². The second kappa shape index (κ2) is 6.62. The maximum absolute atomic E-state index is 6.08. The zero-order valence-electron chi connectivity index (χ0n) is 11.6. The normalized spacial score (nSPS) is 11.3. The van der Waals surface area contributed by atoms with Gasteiger partial charge >= 0.3 is 0 Å². The highest BCUT2D eigenvalue weighted by Crippen LogP contribution is 2.44. The van der Waals surface area contributed by atoms with Gasteiger partial charge in [-0.05, 0) is 24.5 Å². The van der Waals surface area contributed by atoms with Crippen molar-refractivity contribution in [3.05, 3.63) is 60.7 Å². The molecule has 0 radical (unpaired) electrons. The zero-order valence-corrected chi connectivity index (χ0v) is 14.1. The van der Waals surface area contributed by atoms with Crippen LogP contribution in [0.15, 0.2) is 60.7 Å². The number of nitrogens with one attached hydrogen (secondary N) is 1. The van der Waals surface area contributed by atoms with E-state index in [1.807, 2.05) is 36.4 Å². The Morgan fingerprint density at radius 1 is 0.900 bits per heavy atom. The number of thiocarbonyl (C=S) groups is 1. The summed E-state index contributed by atoms with van der Waals surface area (Å²) in [5.41, 5.74) is 0. The van der Waals surface area contributed by atoms with Crippen LogP contribution in [0.25, 0.3) is 0 Å². The third kappa shape index (κ3) is 3.17. The zero-order chi connectivity index (χ0) is 14.6. The van der Waals surface area contributed by atoms with Gasteiger partial charge in [-0.2, -0.15) is 0 Å². The summed E-state index contributed by atoms with van der Waals surface area (Å²) < 4.78 is 0.792. The van der Waals surface area contributed by atoms with E-state index in [1.54, 1.807) is 0 Å². The van der Waals surface area contributed by atoms with Gasteiger partial charge in [0, 0.05) is 6.04 Å². The van der Waals surface area contributed by atoms with Crippen LogP contribution in [0.1, 0.15) is 13.8 Å². The van der Waals surface area contributed by atoms with Crippen molar-refractivity contribution >= 4 is 45.4 Å². The fourth-order valence-electron chi connectivity index (χ4n) is 2.00. The lowest BCUT2D eigenvalue weighted by Gasteiger charge is -2.26. The Labute approximate surface area is 131 Å².